The smallest absolute Gasteiger partial charge is 0 e. The van der Waals surface area contributed by atoms with Gasteiger partial charge in [-0.1, -0.05) is 0 Å². The predicted octanol–water partition coefficient (Wildman–Crippen LogP) is -0.866. The van der Waals surface area contributed by atoms with Gasteiger partial charge >= 0.3 is 27.3 Å². The van der Waals surface area contributed by atoms with E-state index >= 15 is 0 Å². The van der Waals surface area contributed by atoms with Crippen molar-refractivity contribution in [3.05, 3.63) is 0 Å². The van der Waals surface area contributed by atoms with Gasteiger partial charge in [-0.15, -0.1) is 0 Å². The summed E-state index contributed by atoms with van der Waals surface area (Å²) in [6.45, 7) is 0. The Kier molecular flexibility index (Phi) is 220. The van der Waals surface area contributed by atoms with Crippen molar-refractivity contribution < 1.29 is 59.3 Å². The SMILES string of the molecule is P.[Mo].[Ni].[PbH2].[Ti]. The normalized spacial score (nSPS) is 0. The van der Waals surface area contributed by atoms with Gasteiger partial charge in [-0.25, -0.2) is 0 Å². The zero-order chi connectivity index (χ0) is 0. The molecule has 1 unspecified atom stereocenters. The molecule has 0 rings (SSSR count). The average molecular weight is 446 g/mol. The molecule has 2 radical (unpaired) electrons. The number of rotatable bonds is 0. The molecule has 0 aromatic carbocycles. The van der Waals surface area contributed by atoms with E-state index in [1.165, 1.54) is 0 Å². The second kappa shape index (κ2) is 26.8. The maximum atomic E-state index is 0. The Morgan fingerprint density at radius 3 is 1.00 bits per heavy atom. The molecule has 0 fully saturated rings. The molecule has 0 amide bonds. The molecule has 0 nitrogen and oxygen atoms in total. The molecule has 0 saturated heterocycles. The Bertz CT molecular complexity index is 11.6. The molecular weight excluding hydrogens is 441 g/mol. The van der Waals surface area contributed by atoms with Crippen molar-refractivity contribution in [1.29, 1.82) is 0 Å². The summed E-state index contributed by atoms with van der Waals surface area (Å²) < 4.78 is 0. The first kappa shape index (κ1) is 41.1. The predicted molar refractivity (Wildman–Crippen MR) is 19.6 cm³/mol. The molecule has 0 aromatic heterocycles. The van der Waals surface area contributed by atoms with Crippen LogP contribution in [0.15, 0.2) is 0 Å². The Balaban J connectivity index is 0. The van der Waals surface area contributed by atoms with Crippen LogP contribution in [0.4, 0.5) is 0 Å². The minimum absolute atomic E-state index is 0. The van der Waals surface area contributed by atoms with Crippen LogP contribution in [0.25, 0.3) is 0 Å². The third-order valence-electron chi connectivity index (χ3n) is 0. The summed E-state index contributed by atoms with van der Waals surface area (Å²) in [7, 11) is 0. The van der Waals surface area contributed by atoms with E-state index in [2.05, 4.69) is 0 Å². The summed E-state index contributed by atoms with van der Waals surface area (Å²) >= 11 is 0. The van der Waals surface area contributed by atoms with E-state index in [1.807, 2.05) is 0 Å². The van der Waals surface area contributed by atoms with Gasteiger partial charge in [-0.2, -0.15) is 9.90 Å². The molecule has 0 aliphatic carbocycles. The van der Waals surface area contributed by atoms with Gasteiger partial charge in [-0.05, 0) is 0 Å². The van der Waals surface area contributed by atoms with Crippen molar-refractivity contribution in [2.45, 2.75) is 0 Å². The van der Waals surface area contributed by atoms with Crippen molar-refractivity contribution in [2.75, 3.05) is 0 Å². The average Bonchev–Trinajstić information content (AvgIpc) is 0. The van der Waals surface area contributed by atoms with E-state index in [4.69, 9.17) is 0 Å². The summed E-state index contributed by atoms with van der Waals surface area (Å²) in [5.74, 6) is 0. The zero-order valence-electron chi connectivity index (χ0n) is 2.64. The van der Waals surface area contributed by atoms with Crippen LogP contribution < -0.4 is 0 Å². The number of hydrogen-bond acceptors (Lipinski definition) is 0. The Labute approximate surface area is 94.8 Å². The van der Waals surface area contributed by atoms with Gasteiger partial charge in [0.25, 0.3) is 0 Å². The molecule has 0 saturated carbocycles. The van der Waals surface area contributed by atoms with Crippen LogP contribution in [-0.4, -0.2) is 27.3 Å². The topological polar surface area (TPSA) is 0 Å². The minimum atomic E-state index is 0. The Morgan fingerprint density at radius 1 is 1.00 bits per heavy atom. The van der Waals surface area contributed by atoms with Crippen LogP contribution in [0, 0.1) is 0 Å². The van der Waals surface area contributed by atoms with Crippen LogP contribution in [0.2, 0.25) is 0 Å². The van der Waals surface area contributed by atoms with Crippen molar-refractivity contribution in [1.82, 2.24) is 0 Å². The maximum Gasteiger partial charge on any atom is 0 e. The van der Waals surface area contributed by atoms with Gasteiger partial charge in [0.05, 0.1) is 0 Å². The first-order chi connectivity index (χ1) is 0. The van der Waals surface area contributed by atoms with Crippen LogP contribution in [-0.2, 0) is 59.3 Å². The zero-order valence-corrected chi connectivity index (χ0v) is 14.1. The second-order valence-electron chi connectivity index (χ2n) is 0. The van der Waals surface area contributed by atoms with Crippen molar-refractivity contribution in [3.8, 4) is 0 Å². The molecule has 0 N–H and O–H groups in total. The van der Waals surface area contributed by atoms with Crippen LogP contribution >= 0.6 is 9.90 Å². The Morgan fingerprint density at radius 2 is 1.00 bits per heavy atom. The third kappa shape index (κ3) is 18.9. The molecule has 0 heterocycles. The standard InChI is InChI=1S/Mo.Ni.H3P.Pb.Ti.2H/h;;1H3;;;;. The second-order valence-corrected chi connectivity index (χ2v) is 0. The van der Waals surface area contributed by atoms with Gasteiger partial charge < -0.3 is 0 Å². The molecular formula is H5MoNiPPbTi. The van der Waals surface area contributed by atoms with E-state index in [0.29, 0.717) is 0 Å². The fourth-order valence-electron chi connectivity index (χ4n) is 0. The monoisotopic (exact) mass is 448 g/mol. The van der Waals surface area contributed by atoms with Gasteiger partial charge in [-0.3, -0.25) is 0 Å². The first-order valence-corrected chi connectivity index (χ1v) is 0. The summed E-state index contributed by atoms with van der Waals surface area (Å²) in [5.41, 5.74) is 0. The van der Waals surface area contributed by atoms with Gasteiger partial charge in [0.15, 0.2) is 0 Å². The third-order valence-corrected chi connectivity index (χ3v) is 0. The molecule has 5 heavy (non-hydrogen) atoms. The van der Waals surface area contributed by atoms with Crippen molar-refractivity contribution in [2.24, 2.45) is 0 Å². The molecule has 0 aliphatic heterocycles. The Hall–Kier alpha value is 3.25. The summed E-state index contributed by atoms with van der Waals surface area (Å²) in [6.07, 6.45) is 0. The molecule has 1 atom stereocenters. The van der Waals surface area contributed by atoms with E-state index in [9.17, 15) is 0 Å². The van der Waals surface area contributed by atoms with E-state index in [0.717, 1.165) is 0 Å². The largest absolute Gasteiger partial charge is 0 e. The maximum absolute atomic E-state index is 0. The quantitative estimate of drug-likeness (QED) is 0.336. The van der Waals surface area contributed by atoms with E-state index < -0.39 is 0 Å². The molecule has 0 spiro atoms. The van der Waals surface area contributed by atoms with Gasteiger partial charge in [0, 0.05) is 59.3 Å². The minimum Gasteiger partial charge on any atom is 0 e. The fourth-order valence-corrected chi connectivity index (χ4v) is 0. The molecule has 5 heteroatoms. The molecule has 0 aliphatic rings. The molecule has 0 aromatic rings. The number of hydrogen-bond donors (Lipinski definition) is 0. The van der Waals surface area contributed by atoms with Crippen LogP contribution in [0.1, 0.15) is 0 Å². The van der Waals surface area contributed by atoms with Crippen molar-refractivity contribution in [3.63, 3.8) is 0 Å². The summed E-state index contributed by atoms with van der Waals surface area (Å²) in [4.78, 5) is 0. The van der Waals surface area contributed by atoms with Crippen LogP contribution in [0.5, 0.6) is 0 Å². The van der Waals surface area contributed by atoms with Crippen molar-refractivity contribution >= 4 is 37.2 Å². The van der Waals surface area contributed by atoms with Crippen LogP contribution in [0.3, 0.4) is 0 Å². The summed E-state index contributed by atoms with van der Waals surface area (Å²) in [6, 6.07) is 0. The fraction of sp³-hybridized carbons (Fsp3) is 0. The summed E-state index contributed by atoms with van der Waals surface area (Å²) in [5, 5.41) is 0. The van der Waals surface area contributed by atoms with E-state index in [-0.39, 0.29) is 96.5 Å². The van der Waals surface area contributed by atoms with E-state index in [1.54, 1.807) is 0 Å². The molecule has 34 valence electrons. The van der Waals surface area contributed by atoms with Gasteiger partial charge in [0.1, 0.15) is 0 Å². The molecule has 0 bridgehead atoms. The van der Waals surface area contributed by atoms with Gasteiger partial charge in [0.2, 0.25) is 0 Å². The first-order valence-electron chi connectivity index (χ1n) is 0.